The molecule has 128 valence electrons. The number of hydrogen-bond donors (Lipinski definition) is 3. The molecule has 4 nitrogen and oxygen atoms in total. The van der Waals surface area contributed by atoms with Crippen molar-refractivity contribution in [1.82, 2.24) is 4.57 Å². The molecule has 1 atom stereocenters. The topological polar surface area (TPSA) is 58.4 Å². The molecule has 0 radical (unpaired) electrons. The summed E-state index contributed by atoms with van der Waals surface area (Å²) in [6.45, 7) is 8.94. The lowest BCUT2D eigenvalue weighted by atomic mass is 10.1. The number of aliphatic hydroxyl groups excluding tert-OH is 1. The molecular weight excluding hydrogens is 298 g/mol. The second-order valence-corrected chi connectivity index (χ2v) is 6.56. The molecule has 1 heterocycles. The van der Waals surface area contributed by atoms with Gasteiger partial charge in [0, 0.05) is 33.9 Å². The van der Waals surface area contributed by atoms with Gasteiger partial charge in [0.2, 0.25) is 0 Å². The first kappa shape index (κ1) is 17.0. The molecule has 0 bridgehead atoms. The van der Waals surface area contributed by atoms with Crippen LogP contribution in [0.3, 0.4) is 0 Å². The summed E-state index contributed by atoms with van der Waals surface area (Å²) in [5, 5.41) is 16.5. The van der Waals surface area contributed by atoms with Crippen molar-refractivity contribution in [3.8, 4) is 0 Å². The number of nitrogens with zero attached hydrogens (tertiary/aromatic N) is 1. The van der Waals surface area contributed by atoms with Gasteiger partial charge in [-0.3, -0.25) is 0 Å². The van der Waals surface area contributed by atoms with E-state index in [-0.39, 0.29) is 6.10 Å². The minimum atomic E-state index is -0.219. The zero-order valence-electron chi connectivity index (χ0n) is 14.7. The standard InChI is InChI=1S/C20H27N3O/c1-3-23-19-7-5-4-6-17(19)18-12-16(8-9-20(18)23)14-22-11-10-21-13-15(2)24/h4-9,12,15,21-22,24H,3,10-11,13-14H2,1-2H3/p+2/t15-/m0/s1. The maximum atomic E-state index is 9.25. The van der Waals surface area contributed by atoms with Gasteiger partial charge in [-0.25, -0.2) is 0 Å². The Kier molecular flexibility index (Phi) is 5.51. The molecule has 0 spiro atoms. The lowest BCUT2D eigenvalue weighted by Crippen LogP contribution is -2.95. The van der Waals surface area contributed by atoms with Crippen LogP contribution in [0.25, 0.3) is 21.8 Å². The van der Waals surface area contributed by atoms with E-state index in [0.717, 1.165) is 32.7 Å². The second-order valence-electron chi connectivity index (χ2n) is 6.56. The van der Waals surface area contributed by atoms with Gasteiger partial charge in [0.15, 0.2) is 0 Å². The summed E-state index contributed by atoms with van der Waals surface area (Å²) >= 11 is 0. The number of nitrogens with two attached hydrogens (primary N) is 2. The highest BCUT2D eigenvalue weighted by Crippen LogP contribution is 2.29. The van der Waals surface area contributed by atoms with Crippen LogP contribution in [0.15, 0.2) is 42.5 Å². The Morgan fingerprint density at radius 3 is 2.54 bits per heavy atom. The van der Waals surface area contributed by atoms with Gasteiger partial charge in [0.1, 0.15) is 26.2 Å². The Morgan fingerprint density at radius 1 is 1.00 bits per heavy atom. The molecule has 0 fully saturated rings. The van der Waals surface area contributed by atoms with Gasteiger partial charge in [0.25, 0.3) is 0 Å². The van der Waals surface area contributed by atoms with Crippen molar-refractivity contribution >= 4 is 21.8 Å². The lowest BCUT2D eigenvalue weighted by molar-refractivity contribution is -0.733. The fourth-order valence-electron chi connectivity index (χ4n) is 3.43. The zero-order valence-corrected chi connectivity index (χ0v) is 14.7. The van der Waals surface area contributed by atoms with E-state index in [2.05, 4.69) is 64.6 Å². The molecule has 0 saturated carbocycles. The molecule has 0 unspecified atom stereocenters. The smallest absolute Gasteiger partial charge is 0.125 e. The number of aromatic nitrogens is 1. The molecule has 0 aliphatic rings. The highest BCUT2D eigenvalue weighted by atomic mass is 16.3. The molecule has 3 aromatic rings. The van der Waals surface area contributed by atoms with Crippen LogP contribution in [-0.4, -0.2) is 35.4 Å². The molecule has 0 amide bonds. The van der Waals surface area contributed by atoms with Crippen molar-refractivity contribution in [2.24, 2.45) is 0 Å². The summed E-state index contributed by atoms with van der Waals surface area (Å²) in [5.41, 5.74) is 4.02. The predicted octanol–water partition coefficient (Wildman–Crippen LogP) is 0.822. The molecule has 1 aromatic heterocycles. The highest BCUT2D eigenvalue weighted by molar-refractivity contribution is 6.08. The molecule has 0 aliphatic heterocycles. The minimum Gasteiger partial charge on any atom is -0.388 e. The molecule has 4 heteroatoms. The van der Waals surface area contributed by atoms with E-state index >= 15 is 0 Å². The maximum absolute atomic E-state index is 9.25. The zero-order chi connectivity index (χ0) is 16.9. The Bertz CT molecular complexity index is 807. The van der Waals surface area contributed by atoms with Crippen LogP contribution >= 0.6 is 0 Å². The SMILES string of the molecule is CCn1c2ccccc2c2cc(C[NH2+]CC[NH2+]C[C@H](C)O)ccc21. The largest absolute Gasteiger partial charge is 0.388 e. The lowest BCUT2D eigenvalue weighted by Gasteiger charge is -2.05. The molecular formula is C20H29N3O+2. The number of rotatable bonds is 8. The first-order chi connectivity index (χ1) is 11.7. The first-order valence-electron chi connectivity index (χ1n) is 9.02. The fourth-order valence-corrected chi connectivity index (χ4v) is 3.43. The van der Waals surface area contributed by atoms with Crippen molar-refractivity contribution in [1.29, 1.82) is 0 Å². The van der Waals surface area contributed by atoms with Crippen molar-refractivity contribution in [2.45, 2.75) is 33.0 Å². The van der Waals surface area contributed by atoms with Gasteiger partial charge >= 0.3 is 0 Å². The van der Waals surface area contributed by atoms with Crippen LogP contribution < -0.4 is 10.6 Å². The number of para-hydroxylation sites is 1. The van der Waals surface area contributed by atoms with Gasteiger partial charge in [-0.1, -0.05) is 24.3 Å². The summed E-state index contributed by atoms with van der Waals surface area (Å²) < 4.78 is 2.39. The van der Waals surface area contributed by atoms with Gasteiger partial charge in [-0.2, -0.15) is 0 Å². The maximum Gasteiger partial charge on any atom is 0.125 e. The summed E-state index contributed by atoms with van der Waals surface area (Å²) in [4.78, 5) is 0. The van der Waals surface area contributed by atoms with Crippen molar-refractivity contribution in [3.63, 3.8) is 0 Å². The second kappa shape index (κ2) is 7.79. The van der Waals surface area contributed by atoms with E-state index in [0.29, 0.717) is 0 Å². The van der Waals surface area contributed by atoms with Gasteiger partial charge in [-0.15, -0.1) is 0 Å². The van der Waals surface area contributed by atoms with Crippen molar-refractivity contribution in [3.05, 3.63) is 48.0 Å². The molecule has 0 saturated heterocycles. The molecule has 2 aromatic carbocycles. The van der Waals surface area contributed by atoms with Crippen LogP contribution in [-0.2, 0) is 13.1 Å². The number of hydrogen-bond acceptors (Lipinski definition) is 1. The number of benzene rings is 2. The van der Waals surface area contributed by atoms with Crippen molar-refractivity contribution < 1.29 is 15.7 Å². The number of aryl methyl sites for hydroxylation is 1. The van der Waals surface area contributed by atoms with E-state index in [4.69, 9.17) is 0 Å². The van der Waals surface area contributed by atoms with Gasteiger partial charge < -0.3 is 20.3 Å². The molecule has 3 rings (SSSR count). The van der Waals surface area contributed by atoms with E-state index in [1.165, 1.54) is 27.4 Å². The van der Waals surface area contributed by atoms with Crippen LogP contribution in [0.2, 0.25) is 0 Å². The average Bonchev–Trinajstić information content (AvgIpc) is 2.91. The first-order valence-corrected chi connectivity index (χ1v) is 9.02. The third-order valence-corrected chi connectivity index (χ3v) is 4.62. The number of aliphatic hydroxyl groups is 1. The third kappa shape index (κ3) is 3.61. The fraction of sp³-hybridized carbons (Fsp3) is 0.400. The van der Waals surface area contributed by atoms with E-state index in [1.807, 2.05) is 6.92 Å². The molecule has 0 aliphatic carbocycles. The average molecular weight is 327 g/mol. The van der Waals surface area contributed by atoms with Gasteiger partial charge in [-0.05, 0) is 32.0 Å². The van der Waals surface area contributed by atoms with Crippen LogP contribution in [0.1, 0.15) is 19.4 Å². The highest BCUT2D eigenvalue weighted by Gasteiger charge is 2.10. The number of quaternary nitrogens is 2. The van der Waals surface area contributed by atoms with Crippen molar-refractivity contribution in [2.75, 3.05) is 19.6 Å². The van der Waals surface area contributed by atoms with Crippen LogP contribution in [0.5, 0.6) is 0 Å². The molecule has 24 heavy (non-hydrogen) atoms. The quantitative estimate of drug-likeness (QED) is 0.527. The van der Waals surface area contributed by atoms with Crippen LogP contribution in [0, 0.1) is 0 Å². The Hall–Kier alpha value is -1.88. The molecule has 5 N–H and O–H groups in total. The monoisotopic (exact) mass is 327 g/mol. The Morgan fingerprint density at radius 2 is 1.75 bits per heavy atom. The summed E-state index contributed by atoms with van der Waals surface area (Å²) in [7, 11) is 0. The third-order valence-electron chi connectivity index (χ3n) is 4.62. The summed E-state index contributed by atoms with van der Waals surface area (Å²) in [5.74, 6) is 0. The van der Waals surface area contributed by atoms with Crippen LogP contribution in [0.4, 0.5) is 0 Å². The van der Waals surface area contributed by atoms with Gasteiger partial charge in [0.05, 0.1) is 6.10 Å². The van der Waals surface area contributed by atoms with E-state index in [1.54, 1.807) is 0 Å². The van der Waals surface area contributed by atoms with E-state index in [9.17, 15) is 5.11 Å². The number of fused-ring (bicyclic) bond motifs is 3. The van der Waals surface area contributed by atoms with E-state index < -0.39 is 0 Å². The summed E-state index contributed by atoms with van der Waals surface area (Å²) in [6.07, 6.45) is -0.219. The predicted molar refractivity (Wildman–Crippen MR) is 99.0 cm³/mol. The minimum absolute atomic E-state index is 0.219. The Labute approximate surface area is 143 Å². The Balaban J connectivity index is 1.71. The summed E-state index contributed by atoms with van der Waals surface area (Å²) in [6, 6.07) is 15.5. The normalized spacial score (nSPS) is 13.0.